The second-order valence-corrected chi connectivity index (χ2v) is 1.60. The number of hydrazine groups is 1. The maximum absolute atomic E-state index is 10.5. The lowest BCUT2D eigenvalue weighted by Gasteiger charge is -2.00. The lowest BCUT2D eigenvalue weighted by Crippen LogP contribution is -2.35. The Bertz CT molecular complexity index is 138. The maximum atomic E-state index is 10.5. The average molecular weight is 127 g/mol. The quantitative estimate of drug-likeness (QED) is 0.299. The molecule has 0 bridgehead atoms. The third kappa shape index (κ3) is 2.11. The van der Waals surface area contributed by atoms with Gasteiger partial charge in [0.25, 0.3) is 5.91 Å². The molecule has 1 amide bonds. The minimum Gasteiger partial charge on any atom is -0.293 e. The van der Waals surface area contributed by atoms with Gasteiger partial charge in [0.15, 0.2) is 0 Å². The number of carbonyl (C=O) groups is 1. The van der Waals surface area contributed by atoms with E-state index in [0.29, 0.717) is 6.42 Å². The minimum atomic E-state index is -0.602. The molecule has 1 unspecified atom stereocenters. The van der Waals surface area contributed by atoms with Crippen LogP contribution in [-0.4, -0.2) is 5.91 Å². The van der Waals surface area contributed by atoms with E-state index >= 15 is 0 Å². The van der Waals surface area contributed by atoms with Crippen molar-refractivity contribution in [1.29, 1.82) is 5.26 Å². The van der Waals surface area contributed by atoms with Crippen LogP contribution in [0.3, 0.4) is 0 Å². The van der Waals surface area contributed by atoms with Crippen LogP contribution in [0.15, 0.2) is 0 Å². The van der Waals surface area contributed by atoms with Crippen molar-refractivity contribution in [2.75, 3.05) is 0 Å². The van der Waals surface area contributed by atoms with Crippen LogP contribution in [0.5, 0.6) is 0 Å². The molecule has 0 aromatic heterocycles. The van der Waals surface area contributed by atoms with Crippen LogP contribution in [0.4, 0.5) is 0 Å². The van der Waals surface area contributed by atoms with Gasteiger partial charge in [0.2, 0.25) is 0 Å². The number of nitrogens with two attached hydrogens (primary N) is 1. The summed E-state index contributed by atoms with van der Waals surface area (Å²) in [4.78, 5) is 10.5. The van der Waals surface area contributed by atoms with Gasteiger partial charge in [-0.05, 0) is 6.42 Å². The molecule has 0 saturated heterocycles. The minimum absolute atomic E-state index is 0.417. The molecule has 0 saturated carbocycles. The van der Waals surface area contributed by atoms with Gasteiger partial charge >= 0.3 is 0 Å². The van der Waals surface area contributed by atoms with Gasteiger partial charge in [-0.2, -0.15) is 5.26 Å². The average Bonchev–Trinajstić information content (AvgIpc) is 1.90. The largest absolute Gasteiger partial charge is 0.293 e. The zero-order valence-corrected chi connectivity index (χ0v) is 5.22. The Morgan fingerprint density at radius 3 is 2.67 bits per heavy atom. The Labute approximate surface area is 53.6 Å². The third-order valence-electron chi connectivity index (χ3n) is 1.02. The first-order valence-electron chi connectivity index (χ1n) is 2.66. The Morgan fingerprint density at radius 1 is 2.00 bits per heavy atom. The van der Waals surface area contributed by atoms with Crippen LogP contribution in [0.25, 0.3) is 0 Å². The normalized spacial score (nSPS) is 11.7. The molecule has 0 spiro atoms. The fourth-order valence-corrected chi connectivity index (χ4v) is 0.436. The smallest absolute Gasteiger partial charge is 0.251 e. The molecular weight excluding hydrogens is 118 g/mol. The van der Waals surface area contributed by atoms with E-state index in [4.69, 9.17) is 11.1 Å². The molecule has 50 valence electrons. The van der Waals surface area contributed by atoms with Crippen LogP contribution in [0.1, 0.15) is 13.3 Å². The monoisotopic (exact) mass is 127 g/mol. The summed E-state index contributed by atoms with van der Waals surface area (Å²) in [6.07, 6.45) is 0.500. The Kier molecular flexibility index (Phi) is 3.40. The summed E-state index contributed by atoms with van der Waals surface area (Å²) in [5.41, 5.74) is 1.91. The molecule has 4 nitrogen and oxygen atoms in total. The molecule has 0 heterocycles. The fraction of sp³-hybridized carbons (Fsp3) is 0.600. The predicted octanol–water partition coefficient (Wildman–Crippen LogP) is -0.474. The lowest BCUT2D eigenvalue weighted by molar-refractivity contribution is -0.123. The molecule has 9 heavy (non-hydrogen) atoms. The summed E-state index contributed by atoms with van der Waals surface area (Å²) in [6.45, 7) is 1.75. The van der Waals surface area contributed by atoms with Crippen LogP contribution in [-0.2, 0) is 4.79 Å². The molecular formula is C5H9N3O. The molecule has 0 aromatic carbocycles. The van der Waals surface area contributed by atoms with E-state index in [-0.39, 0.29) is 0 Å². The van der Waals surface area contributed by atoms with Gasteiger partial charge in [-0.25, -0.2) is 5.84 Å². The zero-order chi connectivity index (χ0) is 7.28. The topological polar surface area (TPSA) is 78.9 Å². The molecule has 0 radical (unpaired) electrons. The molecule has 3 N–H and O–H groups in total. The number of nitriles is 1. The number of nitrogens with one attached hydrogen (secondary N) is 1. The third-order valence-corrected chi connectivity index (χ3v) is 1.02. The number of hydrogen-bond acceptors (Lipinski definition) is 3. The summed E-state index contributed by atoms with van der Waals surface area (Å²) >= 11 is 0. The molecule has 0 aliphatic heterocycles. The fourth-order valence-electron chi connectivity index (χ4n) is 0.436. The Balaban J connectivity index is 3.84. The van der Waals surface area contributed by atoms with E-state index in [9.17, 15) is 4.79 Å². The molecule has 0 aliphatic carbocycles. The van der Waals surface area contributed by atoms with Crippen LogP contribution in [0.2, 0.25) is 0 Å². The van der Waals surface area contributed by atoms with Crippen molar-refractivity contribution in [1.82, 2.24) is 5.43 Å². The zero-order valence-electron chi connectivity index (χ0n) is 5.22. The molecule has 4 heteroatoms. The number of nitrogens with zero attached hydrogens (tertiary/aromatic N) is 1. The van der Waals surface area contributed by atoms with Crippen LogP contribution < -0.4 is 11.3 Å². The van der Waals surface area contributed by atoms with Gasteiger partial charge in [0.05, 0.1) is 6.07 Å². The highest BCUT2D eigenvalue weighted by atomic mass is 16.2. The Morgan fingerprint density at radius 2 is 2.56 bits per heavy atom. The van der Waals surface area contributed by atoms with Crippen molar-refractivity contribution >= 4 is 5.91 Å². The van der Waals surface area contributed by atoms with Gasteiger partial charge in [-0.3, -0.25) is 10.2 Å². The summed E-state index contributed by atoms with van der Waals surface area (Å²) in [5, 5.41) is 8.26. The standard InChI is InChI=1S/C5H9N3O/c1-2-4(3-6)5(9)8-7/h4H,2,7H2,1H3,(H,8,9). The van der Waals surface area contributed by atoms with Gasteiger partial charge in [-0.15, -0.1) is 0 Å². The second kappa shape index (κ2) is 3.87. The van der Waals surface area contributed by atoms with Crippen LogP contribution in [0, 0.1) is 17.2 Å². The molecule has 0 fully saturated rings. The first kappa shape index (κ1) is 7.92. The number of rotatable bonds is 2. The molecule has 1 atom stereocenters. The van der Waals surface area contributed by atoms with E-state index in [1.54, 1.807) is 6.92 Å². The van der Waals surface area contributed by atoms with Gasteiger partial charge in [0, 0.05) is 0 Å². The summed E-state index contributed by atoms with van der Waals surface area (Å²) in [7, 11) is 0. The number of hydrogen-bond donors (Lipinski definition) is 2. The number of amides is 1. The van der Waals surface area contributed by atoms with E-state index in [0.717, 1.165) is 0 Å². The highest BCUT2D eigenvalue weighted by molar-refractivity contribution is 5.80. The van der Waals surface area contributed by atoms with Gasteiger partial charge in [0.1, 0.15) is 5.92 Å². The van der Waals surface area contributed by atoms with E-state index in [1.165, 1.54) is 0 Å². The maximum Gasteiger partial charge on any atom is 0.251 e. The molecule has 0 aromatic rings. The molecule has 0 aliphatic rings. The van der Waals surface area contributed by atoms with E-state index in [2.05, 4.69) is 0 Å². The SMILES string of the molecule is CCC(C#N)C(=O)NN. The van der Waals surface area contributed by atoms with Crippen molar-refractivity contribution in [3.8, 4) is 6.07 Å². The van der Waals surface area contributed by atoms with E-state index in [1.807, 2.05) is 11.5 Å². The van der Waals surface area contributed by atoms with Gasteiger partial charge < -0.3 is 0 Å². The highest BCUT2D eigenvalue weighted by Gasteiger charge is 2.12. The summed E-state index contributed by atoms with van der Waals surface area (Å²) < 4.78 is 0. The molecule has 0 rings (SSSR count). The first-order chi connectivity index (χ1) is 4.26. The van der Waals surface area contributed by atoms with Crippen molar-refractivity contribution in [3.63, 3.8) is 0 Å². The van der Waals surface area contributed by atoms with Crippen molar-refractivity contribution < 1.29 is 4.79 Å². The van der Waals surface area contributed by atoms with Crippen molar-refractivity contribution in [2.45, 2.75) is 13.3 Å². The number of carbonyl (C=O) groups excluding carboxylic acids is 1. The van der Waals surface area contributed by atoms with E-state index < -0.39 is 11.8 Å². The summed E-state index contributed by atoms with van der Waals surface area (Å²) in [5.74, 6) is 3.75. The van der Waals surface area contributed by atoms with Gasteiger partial charge in [-0.1, -0.05) is 6.92 Å². The summed E-state index contributed by atoms with van der Waals surface area (Å²) in [6, 6.07) is 1.81. The Hall–Kier alpha value is -1.08. The van der Waals surface area contributed by atoms with Crippen molar-refractivity contribution in [3.05, 3.63) is 0 Å². The second-order valence-electron chi connectivity index (χ2n) is 1.60. The predicted molar refractivity (Wildman–Crippen MR) is 31.7 cm³/mol. The first-order valence-corrected chi connectivity index (χ1v) is 2.66. The van der Waals surface area contributed by atoms with Crippen LogP contribution >= 0.6 is 0 Å². The van der Waals surface area contributed by atoms with Crippen molar-refractivity contribution in [2.24, 2.45) is 11.8 Å². The highest BCUT2D eigenvalue weighted by Crippen LogP contribution is 1.97. The lowest BCUT2D eigenvalue weighted by atomic mass is 10.1.